The summed E-state index contributed by atoms with van der Waals surface area (Å²) >= 11 is 6.12. The first-order valence-electron chi connectivity index (χ1n) is 11.8. The van der Waals surface area contributed by atoms with E-state index in [9.17, 15) is 22.8 Å². The number of benzene rings is 2. The van der Waals surface area contributed by atoms with Gasteiger partial charge in [0.2, 0.25) is 0 Å². The number of fused-ring (bicyclic) bond motifs is 1. The van der Waals surface area contributed by atoms with Crippen molar-refractivity contribution in [1.29, 1.82) is 0 Å². The Morgan fingerprint density at radius 1 is 0.886 bits per heavy atom. The lowest BCUT2D eigenvalue weighted by molar-refractivity contribution is -0.137. The Morgan fingerprint density at radius 2 is 1.57 bits per heavy atom. The molecule has 0 N–H and O–H groups in total. The Kier molecular flexibility index (Phi) is 6.21. The Bertz CT molecular complexity index is 1290. The van der Waals surface area contributed by atoms with E-state index in [0.717, 1.165) is 61.8 Å². The van der Waals surface area contributed by atoms with E-state index < -0.39 is 23.1 Å². The first kappa shape index (κ1) is 23.7. The largest absolute Gasteiger partial charge is 0.417 e. The average molecular weight is 501 g/mol. The van der Waals surface area contributed by atoms with E-state index in [1.807, 2.05) is 21.6 Å². The van der Waals surface area contributed by atoms with Crippen LogP contribution in [0.1, 0.15) is 68.8 Å². The molecule has 5 rings (SSSR count). The molecular weight excluding hydrogens is 477 g/mol. The number of ketones is 1. The van der Waals surface area contributed by atoms with Crippen LogP contribution in [0.3, 0.4) is 0 Å². The fourth-order valence-electron chi connectivity index (χ4n) is 5.15. The number of likely N-dealkylation sites (tertiary alicyclic amines) is 1. The number of aromatic nitrogens is 1. The molecule has 182 valence electrons. The van der Waals surface area contributed by atoms with Crippen molar-refractivity contribution in [3.05, 3.63) is 87.2 Å². The molecule has 0 bridgehead atoms. The maximum Gasteiger partial charge on any atom is 0.417 e. The van der Waals surface area contributed by atoms with Gasteiger partial charge < -0.3 is 9.47 Å². The molecular formula is C27H24ClF3N2O2. The van der Waals surface area contributed by atoms with Gasteiger partial charge in [0.15, 0.2) is 5.78 Å². The van der Waals surface area contributed by atoms with Crippen LogP contribution in [0, 0.1) is 0 Å². The van der Waals surface area contributed by atoms with Crippen LogP contribution < -0.4 is 0 Å². The molecule has 1 amide bonds. The lowest BCUT2D eigenvalue weighted by Crippen LogP contribution is -2.27. The molecule has 2 aromatic carbocycles. The van der Waals surface area contributed by atoms with Crippen LogP contribution in [0.15, 0.2) is 48.7 Å². The lowest BCUT2D eigenvalue weighted by atomic mass is 9.90. The monoisotopic (exact) mass is 500 g/mol. The van der Waals surface area contributed by atoms with Crippen molar-refractivity contribution < 1.29 is 22.8 Å². The van der Waals surface area contributed by atoms with Crippen molar-refractivity contribution in [3.63, 3.8) is 0 Å². The Hall–Kier alpha value is -3.06. The van der Waals surface area contributed by atoms with Gasteiger partial charge in [-0.2, -0.15) is 13.2 Å². The van der Waals surface area contributed by atoms with Crippen molar-refractivity contribution in [1.82, 2.24) is 9.47 Å². The van der Waals surface area contributed by atoms with E-state index in [2.05, 4.69) is 0 Å². The SMILES string of the molecule is O=C(c1cn(-c2ccc(C(=O)N3CCCC3)cc2)c2c1CCCC2)c1c(Cl)cccc1C(F)(F)F. The fourth-order valence-corrected chi connectivity index (χ4v) is 5.41. The average Bonchev–Trinajstić information content (AvgIpc) is 3.51. The highest BCUT2D eigenvalue weighted by Crippen LogP contribution is 2.38. The Balaban J connectivity index is 1.55. The summed E-state index contributed by atoms with van der Waals surface area (Å²) in [6.07, 6.45) is 2.06. The Morgan fingerprint density at radius 3 is 2.26 bits per heavy atom. The van der Waals surface area contributed by atoms with Gasteiger partial charge in [0.25, 0.3) is 5.91 Å². The highest BCUT2D eigenvalue weighted by Gasteiger charge is 2.37. The van der Waals surface area contributed by atoms with E-state index in [1.54, 1.807) is 18.3 Å². The van der Waals surface area contributed by atoms with Gasteiger partial charge in [-0.05, 0) is 80.5 Å². The Labute approximate surface area is 206 Å². The molecule has 0 unspecified atom stereocenters. The van der Waals surface area contributed by atoms with E-state index in [4.69, 9.17) is 11.6 Å². The molecule has 35 heavy (non-hydrogen) atoms. The first-order chi connectivity index (χ1) is 16.8. The molecule has 0 spiro atoms. The quantitative estimate of drug-likeness (QED) is 0.384. The maximum absolute atomic E-state index is 13.7. The van der Waals surface area contributed by atoms with Gasteiger partial charge in [-0.1, -0.05) is 17.7 Å². The predicted octanol–water partition coefficient (Wildman–Crippen LogP) is 6.50. The number of amides is 1. The van der Waals surface area contributed by atoms with Crippen molar-refractivity contribution >= 4 is 23.3 Å². The molecule has 1 aliphatic heterocycles. The fraction of sp³-hybridized carbons (Fsp3) is 0.333. The zero-order valence-electron chi connectivity index (χ0n) is 19.0. The summed E-state index contributed by atoms with van der Waals surface area (Å²) in [5.41, 5.74) is 1.74. The smallest absolute Gasteiger partial charge is 0.339 e. The van der Waals surface area contributed by atoms with Gasteiger partial charge in [-0.25, -0.2) is 0 Å². The van der Waals surface area contributed by atoms with Crippen molar-refractivity contribution in [2.24, 2.45) is 0 Å². The minimum atomic E-state index is -4.70. The lowest BCUT2D eigenvalue weighted by Gasteiger charge is -2.18. The molecule has 1 aliphatic carbocycles. The van der Waals surface area contributed by atoms with Gasteiger partial charge in [0, 0.05) is 41.8 Å². The van der Waals surface area contributed by atoms with Crippen molar-refractivity contribution in [2.75, 3.05) is 13.1 Å². The third-order valence-corrected chi connectivity index (χ3v) is 7.20. The summed E-state index contributed by atoms with van der Waals surface area (Å²) in [4.78, 5) is 28.0. The third-order valence-electron chi connectivity index (χ3n) is 6.89. The summed E-state index contributed by atoms with van der Waals surface area (Å²) in [6, 6.07) is 10.6. The van der Waals surface area contributed by atoms with Crippen LogP contribution in [-0.2, 0) is 19.0 Å². The standard InChI is InChI=1S/C27H24ClF3N2O2/c28-22-8-5-7-21(27(29,30)31)24(22)25(34)20-16-33(23-9-2-1-6-19(20)23)18-12-10-17(11-13-18)26(35)32-14-3-4-15-32/h5,7-8,10-13,16H,1-4,6,9,14-15H2. The number of carbonyl (C=O) groups is 2. The molecule has 1 fully saturated rings. The van der Waals surface area contributed by atoms with Gasteiger partial charge in [0.05, 0.1) is 16.1 Å². The van der Waals surface area contributed by atoms with Crippen LogP contribution >= 0.6 is 11.6 Å². The number of halogens is 4. The second-order valence-electron chi connectivity index (χ2n) is 9.08. The molecule has 2 aliphatic rings. The zero-order valence-corrected chi connectivity index (χ0v) is 19.8. The molecule has 1 aromatic heterocycles. The van der Waals surface area contributed by atoms with Crippen LogP contribution in [0.5, 0.6) is 0 Å². The highest BCUT2D eigenvalue weighted by atomic mass is 35.5. The van der Waals surface area contributed by atoms with E-state index in [0.29, 0.717) is 18.4 Å². The first-order valence-corrected chi connectivity index (χ1v) is 12.2. The van der Waals surface area contributed by atoms with E-state index in [-0.39, 0.29) is 16.5 Å². The summed E-state index contributed by atoms with van der Waals surface area (Å²) in [6.45, 7) is 1.53. The topological polar surface area (TPSA) is 42.3 Å². The van der Waals surface area contributed by atoms with Gasteiger partial charge >= 0.3 is 6.18 Å². The van der Waals surface area contributed by atoms with Crippen LogP contribution in [0.25, 0.3) is 5.69 Å². The van der Waals surface area contributed by atoms with Crippen molar-refractivity contribution in [3.8, 4) is 5.69 Å². The normalized spacial score (nSPS) is 15.8. The summed E-state index contributed by atoms with van der Waals surface area (Å²) in [5, 5.41) is -0.216. The number of rotatable bonds is 4. The van der Waals surface area contributed by atoms with E-state index >= 15 is 0 Å². The number of nitrogens with zero attached hydrogens (tertiary/aromatic N) is 2. The van der Waals surface area contributed by atoms with Crippen LogP contribution in [-0.4, -0.2) is 34.2 Å². The minimum absolute atomic E-state index is 0.00199. The number of hydrogen-bond acceptors (Lipinski definition) is 2. The number of carbonyl (C=O) groups excluding carboxylic acids is 2. The molecule has 3 aromatic rings. The maximum atomic E-state index is 13.7. The van der Waals surface area contributed by atoms with Crippen LogP contribution in [0.2, 0.25) is 5.02 Å². The van der Waals surface area contributed by atoms with Crippen LogP contribution in [0.4, 0.5) is 13.2 Å². The predicted molar refractivity (Wildman–Crippen MR) is 127 cm³/mol. The van der Waals surface area contributed by atoms with Gasteiger partial charge in [-0.3, -0.25) is 9.59 Å². The summed E-state index contributed by atoms with van der Waals surface area (Å²) < 4.78 is 42.9. The number of alkyl halides is 3. The highest BCUT2D eigenvalue weighted by molar-refractivity contribution is 6.35. The summed E-state index contributed by atoms with van der Waals surface area (Å²) in [5.74, 6) is -0.724. The minimum Gasteiger partial charge on any atom is -0.339 e. The summed E-state index contributed by atoms with van der Waals surface area (Å²) in [7, 11) is 0. The molecule has 2 heterocycles. The second-order valence-corrected chi connectivity index (χ2v) is 9.49. The molecule has 4 nitrogen and oxygen atoms in total. The van der Waals surface area contributed by atoms with Crippen molar-refractivity contribution in [2.45, 2.75) is 44.7 Å². The molecule has 0 saturated carbocycles. The van der Waals surface area contributed by atoms with Gasteiger partial charge in [0.1, 0.15) is 0 Å². The van der Waals surface area contributed by atoms with Gasteiger partial charge in [-0.15, -0.1) is 0 Å². The molecule has 0 atom stereocenters. The van der Waals surface area contributed by atoms with E-state index in [1.165, 1.54) is 12.1 Å². The molecule has 0 radical (unpaired) electrons. The second kappa shape index (κ2) is 9.19. The number of hydrogen-bond donors (Lipinski definition) is 0. The molecule has 8 heteroatoms. The zero-order chi connectivity index (χ0) is 24.7. The molecule has 1 saturated heterocycles. The third kappa shape index (κ3) is 4.38.